The molecule has 13 heavy (non-hydrogen) atoms. The lowest BCUT2D eigenvalue weighted by Gasteiger charge is -2.08. The molecule has 0 radical (unpaired) electrons. The average Bonchev–Trinajstić information content (AvgIpc) is 2.03. The second kappa shape index (κ2) is 8.27. The minimum absolute atomic E-state index is 0.191. The summed E-state index contributed by atoms with van der Waals surface area (Å²) in [6.45, 7) is 4.46. The van der Waals surface area contributed by atoms with Crippen molar-refractivity contribution < 1.29 is 5.11 Å². The Morgan fingerprint density at radius 3 is 2.54 bits per heavy atom. The predicted molar refractivity (Wildman–Crippen MR) is 57.6 cm³/mol. The van der Waals surface area contributed by atoms with Crippen LogP contribution >= 0.6 is 0 Å². The van der Waals surface area contributed by atoms with Gasteiger partial charge in [-0.25, -0.2) is 0 Å². The van der Waals surface area contributed by atoms with E-state index in [1.165, 1.54) is 18.4 Å². The minimum Gasteiger partial charge on any atom is -0.396 e. The lowest BCUT2D eigenvalue weighted by Crippen LogP contribution is -2.20. The van der Waals surface area contributed by atoms with Gasteiger partial charge < -0.3 is 10.8 Å². The first-order chi connectivity index (χ1) is 6.16. The van der Waals surface area contributed by atoms with Gasteiger partial charge in [0.05, 0.1) is 0 Å². The van der Waals surface area contributed by atoms with Crippen molar-refractivity contribution in [1.29, 1.82) is 0 Å². The maximum Gasteiger partial charge on any atom is 0.0445 e. The van der Waals surface area contributed by atoms with E-state index in [1.54, 1.807) is 0 Å². The van der Waals surface area contributed by atoms with Gasteiger partial charge >= 0.3 is 0 Å². The molecule has 0 aromatic heterocycles. The van der Waals surface area contributed by atoms with Crippen molar-refractivity contribution in [2.45, 2.75) is 52.0 Å². The van der Waals surface area contributed by atoms with E-state index in [4.69, 9.17) is 10.8 Å². The van der Waals surface area contributed by atoms with E-state index in [0.717, 1.165) is 19.3 Å². The molecular weight excluding hydrogens is 162 g/mol. The van der Waals surface area contributed by atoms with Gasteiger partial charge in [0.1, 0.15) is 0 Å². The van der Waals surface area contributed by atoms with Gasteiger partial charge in [-0.3, -0.25) is 0 Å². The zero-order chi connectivity index (χ0) is 10.1. The van der Waals surface area contributed by atoms with Gasteiger partial charge in [-0.1, -0.05) is 18.1 Å². The van der Waals surface area contributed by atoms with Crippen molar-refractivity contribution in [3.8, 4) is 0 Å². The molecular formula is C11H23NO. The van der Waals surface area contributed by atoms with Gasteiger partial charge in [0, 0.05) is 12.6 Å². The van der Waals surface area contributed by atoms with Gasteiger partial charge in [-0.15, -0.1) is 0 Å². The SMILES string of the molecule is CC(C)=CCCCCC(N)CCO. The number of hydrogen-bond donors (Lipinski definition) is 2. The van der Waals surface area contributed by atoms with E-state index in [1.807, 2.05) is 0 Å². The molecule has 0 fully saturated rings. The molecule has 0 aliphatic carbocycles. The summed E-state index contributed by atoms with van der Waals surface area (Å²) >= 11 is 0. The first-order valence-electron chi connectivity index (χ1n) is 5.16. The molecule has 0 saturated carbocycles. The summed E-state index contributed by atoms with van der Waals surface area (Å²) < 4.78 is 0. The van der Waals surface area contributed by atoms with Gasteiger partial charge in [0.15, 0.2) is 0 Å². The predicted octanol–water partition coefficient (Wildman–Crippen LogP) is 2.22. The van der Waals surface area contributed by atoms with E-state index in [0.29, 0.717) is 0 Å². The lowest BCUT2D eigenvalue weighted by atomic mass is 10.1. The molecule has 0 heterocycles. The summed E-state index contributed by atoms with van der Waals surface area (Å²) in [4.78, 5) is 0. The lowest BCUT2D eigenvalue weighted by molar-refractivity contribution is 0.272. The Morgan fingerprint density at radius 1 is 1.31 bits per heavy atom. The summed E-state index contributed by atoms with van der Waals surface area (Å²) in [5, 5.41) is 8.62. The van der Waals surface area contributed by atoms with Crippen LogP contribution in [0.1, 0.15) is 46.0 Å². The van der Waals surface area contributed by atoms with Gasteiger partial charge in [0.2, 0.25) is 0 Å². The summed E-state index contributed by atoms with van der Waals surface area (Å²) in [5.74, 6) is 0. The van der Waals surface area contributed by atoms with Crippen molar-refractivity contribution in [2.24, 2.45) is 5.73 Å². The first kappa shape index (κ1) is 12.7. The largest absolute Gasteiger partial charge is 0.396 e. The summed E-state index contributed by atoms with van der Waals surface area (Å²) in [6, 6.07) is 0.191. The Labute approximate surface area is 81.8 Å². The standard InChI is InChI=1S/C11H23NO/c1-10(2)6-4-3-5-7-11(12)8-9-13/h6,11,13H,3-5,7-9,12H2,1-2H3. The Morgan fingerprint density at radius 2 is 2.00 bits per heavy atom. The third-order valence-electron chi connectivity index (χ3n) is 2.08. The average molecular weight is 185 g/mol. The molecule has 78 valence electrons. The second-order valence-electron chi connectivity index (χ2n) is 3.84. The molecule has 0 saturated heterocycles. The number of allylic oxidation sites excluding steroid dienone is 2. The molecule has 0 aliphatic heterocycles. The van der Waals surface area contributed by atoms with Gasteiger partial charge in [0.25, 0.3) is 0 Å². The Balaban J connectivity index is 3.20. The van der Waals surface area contributed by atoms with E-state index in [9.17, 15) is 0 Å². The maximum absolute atomic E-state index is 8.62. The summed E-state index contributed by atoms with van der Waals surface area (Å²) in [7, 11) is 0. The van der Waals surface area contributed by atoms with E-state index < -0.39 is 0 Å². The fraction of sp³-hybridized carbons (Fsp3) is 0.818. The van der Waals surface area contributed by atoms with Crippen molar-refractivity contribution >= 4 is 0 Å². The highest BCUT2D eigenvalue weighted by Crippen LogP contribution is 2.06. The van der Waals surface area contributed by atoms with E-state index in [2.05, 4.69) is 19.9 Å². The highest BCUT2D eigenvalue weighted by molar-refractivity contribution is 4.92. The Bertz CT molecular complexity index is 139. The highest BCUT2D eigenvalue weighted by Gasteiger charge is 1.99. The Kier molecular flexibility index (Phi) is 8.05. The monoisotopic (exact) mass is 185 g/mol. The third-order valence-corrected chi connectivity index (χ3v) is 2.08. The number of aliphatic hydroxyl groups excluding tert-OH is 1. The van der Waals surface area contributed by atoms with Crippen LogP contribution in [0.25, 0.3) is 0 Å². The van der Waals surface area contributed by atoms with Crippen LogP contribution in [0.3, 0.4) is 0 Å². The number of aliphatic hydroxyl groups is 1. The topological polar surface area (TPSA) is 46.2 Å². The smallest absolute Gasteiger partial charge is 0.0445 e. The molecule has 3 N–H and O–H groups in total. The van der Waals surface area contributed by atoms with Crippen molar-refractivity contribution in [1.82, 2.24) is 0 Å². The van der Waals surface area contributed by atoms with Crippen molar-refractivity contribution in [3.63, 3.8) is 0 Å². The van der Waals surface area contributed by atoms with Gasteiger partial charge in [-0.2, -0.15) is 0 Å². The summed E-state index contributed by atoms with van der Waals surface area (Å²) in [6.07, 6.45) is 7.58. The molecule has 1 unspecified atom stereocenters. The molecule has 0 aliphatic rings. The quantitative estimate of drug-likeness (QED) is 0.472. The van der Waals surface area contributed by atoms with Crippen LogP contribution in [-0.2, 0) is 0 Å². The summed E-state index contributed by atoms with van der Waals surface area (Å²) in [5.41, 5.74) is 7.14. The third kappa shape index (κ3) is 9.57. The molecule has 0 aromatic carbocycles. The number of unbranched alkanes of at least 4 members (excludes halogenated alkanes) is 2. The second-order valence-corrected chi connectivity index (χ2v) is 3.84. The van der Waals surface area contributed by atoms with E-state index >= 15 is 0 Å². The highest BCUT2D eigenvalue weighted by atomic mass is 16.3. The normalized spacial score (nSPS) is 12.6. The molecule has 0 rings (SSSR count). The number of nitrogens with two attached hydrogens (primary N) is 1. The Hall–Kier alpha value is -0.340. The number of rotatable bonds is 7. The van der Waals surface area contributed by atoms with Crippen LogP contribution in [0, 0.1) is 0 Å². The van der Waals surface area contributed by atoms with Crippen LogP contribution in [0.5, 0.6) is 0 Å². The fourth-order valence-electron chi connectivity index (χ4n) is 1.25. The maximum atomic E-state index is 8.62. The van der Waals surface area contributed by atoms with Crippen LogP contribution < -0.4 is 5.73 Å². The molecule has 1 atom stereocenters. The van der Waals surface area contributed by atoms with Crippen LogP contribution in [0.15, 0.2) is 11.6 Å². The van der Waals surface area contributed by atoms with Crippen molar-refractivity contribution in [3.05, 3.63) is 11.6 Å². The zero-order valence-corrected chi connectivity index (χ0v) is 8.92. The molecule has 0 aromatic rings. The van der Waals surface area contributed by atoms with Crippen molar-refractivity contribution in [2.75, 3.05) is 6.61 Å². The molecule has 0 bridgehead atoms. The van der Waals surface area contributed by atoms with Crippen LogP contribution in [0.4, 0.5) is 0 Å². The molecule has 2 heteroatoms. The minimum atomic E-state index is 0.191. The van der Waals surface area contributed by atoms with E-state index in [-0.39, 0.29) is 12.6 Å². The number of hydrogen-bond acceptors (Lipinski definition) is 2. The van der Waals surface area contributed by atoms with Crippen LogP contribution in [0.2, 0.25) is 0 Å². The molecule has 0 spiro atoms. The van der Waals surface area contributed by atoms with Crippen LogP contribution in [-0.4, -0.2) is 17.8 Å². The molecule has 2 nitrogen and oxygen atoms in total. The first-order valence-corrected chi connectivity index (χ1v) is 5.16. The fourth-order valence-corrected chi connectivity index (χ4v) is 1.25. The van der Waals surface area contributed by atoms with Gasteiger partial charge in [-0.05, 0) is 39.5 Å². The molecule has 0 amide bonds. The zero-order valence-electron chi connectivity index (χ0n) is 8.92.